The van der Waals surface area contributed by atoms with Crippen molar-refractivity contribution in [2.75, 3.05) is 50.1 Å². The van der Waals surface area contributed by atoms with Crippen molar-refractivity contribution in [1.29, 1.82) is 0 Å². The van der Waals surface area contributed by atoms with E-state index in [9.17, 15) is 14.0 Å². The summed E-state index contributed by atoms with van der Waals surface area (Å²) in [6.45, 7) is 4.55. The van der Waals surface area contributed by atoms with Gasteiger partial charge < -0.3 is 19.9 Å². The molecule has 3 aromatic rings. The molecule has 34 heavy (non-hydrogen) atoms. The molecule has 0 bridgehead atoms. The molecular formula is C24H25ClFN5O3. The Morgan fingerprint density at radius 3 is 2.35 bits per heavy atom. The van der Waals surface area contributed by atoms with Crippen LogP contribution in [-0.2, 0) is 9.53 Å². The van der Waals surface area contributed by atoms with E-state index in [0.29, 0.717) is 30.3 Å². The first-order valence-corrected chi connectivity index (χ1v) is 11.2. The maximum atomic E-state index is 13.2. The number of hydrogen-bond donors (Lipinski definition) is 1. The molecule has 1 aromatic heterocycles. The molecule has 1 aliphatic rings. The third kappa shape index (κ3) is 5.21. The molecule has 1 aliphatic heterocycles. The molecule has 0 saturated carbocycles. The Morgan fingerprint density at radius 2 is 1.71 bits per heavy atom. The minimum Gasteiger partial charge on any atom is -0.378 e. The second kappa shape index (κ2) is 10.2. The second-order valence-corrected chi connectivity index (χ2v) is 8.35. The number of aryl methyl sites for hydroxylation is 1. The molecule has 178 valence electrons. The third-order valence-corrected chi connectivity index (χ3v) is 5.89. The molecule has 2 aromatic carbocycles. The average Bonchev–Trinajstić information content (AvgIpc) is 3.13. The van der Waals surface area contributed by atoms with Crippen LogP contribution in [0.25, 0.3) is 5.69 Å². The summed E-state index contributed by atoms with van der Waals surface area (Å²) < 4.78 is 20.0. The maximum Gasteiger partial charge on any atom is 0.259 e. The van der Waals surface area contributed by atoms with Gasteiger partial charge in [-0.2, -0.15) is 5.10 Å². The van der Waals surface area contributed by atoms with Crippen LogP contribution in [0.2, 0.25) is 5.15 Å². The molecule has 10 heteroatoms. The zero-order valence-corrected chi connectivity index (χ0v) is 19.7. The highest BCUT2D eigenvalue weighted by Crippen LogP contribution is 2.25. The smallest absolute Gasteiger partial charge is 0.259 e. The molecule has 1 N–H and O–H groups in total. The van der Waals surface area contributed by atoms with Crippen LogP contribution in [-0.4, -0.2) is 66.4 Å². The van der Waals surface area contributed by atoms with Gasteiger partial charge in [-0.15, -0.1) is 0 Å². The lowest BCUT2D eigenvalue weighted by Gasteiger charge is -2.28. The molecule has 0 spiro atoms. The molecule has 2 heterocycles. The number of rotatable bonds is 6. The molecule has 1 fully saturated rings. The first kappa shape index (κ1) is 23.7. The third-order valence-electron chi connectivity index (χ3n) is 5.54. The molecule has 0 unspecified atom stereocenters. The molecule has 4 rings (SSSR count). The van der Waals surface area contributed by atoms with Crippen molar-refractivity contribution in [3.05, 3.63) is 70.8 Å². The Morgan fingerprint density at radius 1 is 1.09 bits per heavy atom. The lowest BCUT2D eigenvalue weighted by atomic mass is 10.2. The van der Waals surface area contributed by atoms with E-state index in [-0.39, 0.29) is 29.0 Å². The molecular weight excluding hydrogens is 461 g/mol. The number of nitrogens with one attached hydrogen (secondary N) is 1. The highest BCUT2D eigenvalue weighted by atomic mass is 35.5. The van der Waals surface area contributed by atoms with Gasteiger partial charge in [0.05, 0.1) is 36.7 Å². The van der Waals surface area contributed by atoms with Crippen molar-refractivity contribution < 1.29 is 18.7 Å². The quantitative estimate of drug-likeness (QED) is 0.578. The predicted octanol–water partition coefficient (Wildman–Crippen LogP) is 3.52. The summed E-state index contributed by atoms with van der Waals surface area (Å²) in [7, 11) is 1.52. The van der Waals surface area contributed by atoms with Gasteiger partial charge in [-0.25, -0.2) is 9.07 Å². The first-order valence-electron chi connectivity index (χ1n) is 10.8. The number of halogens is 2. The van der Waals surface area contributed by atoms with Gasteiger partial charge in [0, 0.05) is 31.5 Å². The van der Waals surface area contributed by atoms with E-state index in [1.165, 1.54) is 40.9 Å². The van der Waals surface area contributed by atoms with Gasteiger partial charge in [0.15, 0.2) is 0 Å². The minimum absolute atomic E-state index is 0.0973. The second-order valence-electron chi connectivity index (χ2n) is 8.00. The van der Waals surface area contributed by atoms with E-state index >= 15 is 0 Å². The van der Waals surface area contributed by atoms with Crippen LogP contribution < -0.4 is 10.2 Å². The SMILES string of the molecule is Cc1nn(-c2ccc(F)cc2)c(Cl)c1C(=O)N(C)CC(=O)Nc1ccc(N2CCOCC2)cc1. The topological polar surface area (TPSA) is 79.7 Å². The Hall–Kier alpha value is -3.43. The van der Waals surface area contributed by atoms with Crippen LogP contribution in [0.4, 0.5) is 15.8 Å². The van der Waals surface area contributed by atoms with E-state index in [4.69, 9.17) is 16.3 Å². The number of likely N-dealkylation sites (N-methyl/N-ethyl adjacent to an activating group) is 1. The highest BCUT2D eigenvalue weighted by molar-refractivity contribution is 6.33. The number of carbonyl (C=O) groups is 2. The normalized spacial score (nSPS) is 13.6. The average molecular weight is 486 g/mol. The van der Waals surface area contributed by atoms with Crippen molar-refractivity contribution in [3.8, 4) is 5.69 Å². The molecule has 8 nitrogen and oxygen atoms in total. The number of hydrogen-bond acceptors (Lipinski definition) is 5. The van der Waals surface area contributed by atoms with Gasteiger partial charge in [0.1, 0.15) is 11.0 Å². The van der Waals surface area contributed by atoms with Crippen LogP contribution in [0, 0.1) is 12.7 Å². The molecule has 0 aliphatic carbocycles. The van der Waals surface area contributed by atoms with Crippen LogP contribution in [0.5, 0.6) is 0 Å². The zero-order valence-electron chi connectivity index (χ0n) is 18.9. The number of nitrogens with zero attached hydrogens (tertiary/aromatic N) is 4. The highest BCUT2D eigenvalue weighted by Gasteiger charge is 2.25. The van der Waals surface area contributed by atoms with E-state index in [1.807, 2.05) is 24.3 Å². The van der Waals surface area contributed by atoms with E-state index in [2.05, 4.69) is 15.3 Å². The largest absolute Gasteiger partial charge is 0.378 e. The molecule has 1 saturated heterocycles. The number of anilines is 2. The zero-order chi connectivity index (χ0) is 24.2. The fourth-order valence-electron chi connectivity index (χ4n) is 3.75. The summed E-state index contributed by atoms with van der Waals surface area (Å²) >= 11 is 6.43. The van der Waals surface area contributed by atoms with Gasteiger partial charge in [0.25, 0.3) is 5.91 Å². The summed E-state index contributed by atoms with van der Waals surface area (Å²) in [5.74, 6) is -1.16. The minimum atomic E-state index is -0.436. The molecule has 2 amide bonds. The van der Waals surface area contributed by atoms with Crippen molar-refractivity contribution in [2.45, 2.75) is 6.92 Å². The Bertz CT molecular complexity index is 1170. The standard InChI is InChI=1S/C24H25ClFN5O3/c1-16-22(23(25)31(28-16)20-7-3-17(26)4-8-20)24(33)29(2)15-21(32)27-18-5-9-19(10-6-18)30-11-13-34-14-12-30/h3-10H,11-15H2,1-2H3,(H,27,32). The Kier molecular flexibility index (Phi) is 7.14. The van der Waals surface area contributed by atoms with Gasteiger partial charge in [-0.3, -0.25) is 9.59 Å². The number of benzene rings is 2. The fraction of sp³-hybridized carbons (Fsp3) is 0.292. The Labute approximate surface area is 201 Å². The van der Waals surface area contributed by atoms with Crippen molar-refractivity contribution in [3.63, 3.8) is 0 Å². The van der Waals surface area contributed by atoms with Gasteiger partial charge in [0.2, 0.25) is 5.91 Å². The van der Waals surface area contributed by atoms with Crippen LogP contribution >= 0.6 is 11.6 Å². The lowest BCUT2D eigenvalue weighted by Crippen LogP contribution is -2.36. The first-order chi connectivity index (χ1) is 16.3. The van der Waals surface area contributed by atoms with Crippen LogP contribution in [0.3, 0.4) is 0 Å². The number of morpholine rings is 1. The predicted molar refractivity (Wildman–Crippen MR) is 128 cm³/mol. The number of ether oxygens (including phenoxy) is 1. The number of amides is 2. The van der Waals surface area contributed by atoms with Gasteiger partial charge in [-0.05, 0) is 55.5 Å². The van der Waals surface area contributed by atoms with Crippen molar-refractivity contribution in [1.82, 2.24) is 14.7 Å². The van der Waals surface area contributed by atoms with Gasteiger partial charge >= 0.3 is 0 Å². The van der Waals surface area contributed by atoms with Crippen LogP contribution in [0.15, 0.2) is 48.5 Å². The summed E-state index contributed by atoms with van der Waals surface area (Å²) in [6.07, 6.45) is 0. The number of carbonyl (C=O) groups excluding carboxylic acids is 2. The van der Waals surface area contributed by atoms with E-state index < -0.39 is 5.91 Å². The fourth-order valence-corrected chi connectivity index (χ4v) is 4.10. The van der Waals surface area contributed by atoms with Gasteiger partial charge in [-0.1, -0.05) is 11.6 Å². The lowest BCUT2D eigenvalue weighted by molar-refractivity contribution is -0.116. The number of aromatic nitrogens is 2. The monoisotopic (exact) mass is 485 g/mol. The Balaban J connectivity index is 1.39. The van der Waals surface area contributed by atoms with E-state index in [1.54, 1.807) is 6.92 Å². The van der Waals surface area contributed by atoms with Crippen LogP contribution in [0.1, 0.15) is 16.1 Å². The summed E-state index contributed by atoms with van der Waals surface area (Å²) in [5, 5.41) is 7.22. The summed E-state index contributed by atoms with van der Waals surface area (Å²) in [4.78, 5) is 29.1. The van der Waals surface area contributed by atoms with Crippen molar-refractivity contribution >= 4 is 34.8 Å². The summed E-state index contributed by atoms with van der Waals surface area (Å²) in [6, 6.07) is 13.2. The molecule has 0 radical (unpaired) electrons. The summed E-state index contributed by atoms with van der Waals surface area (Å²) in [5.41, 5.74) is 2.83. The maximum absolute atomic E-state index is 13.2. The van der Waals surface area contributed by atoms with E-state index in [0.717, 1.165) is 18.8 Å². The molecule has 0 atom stereocenters. The van der Waals surface area contributed by atoms with Crippen molar-refractivity contribution in [2.24, 2.45) is 0 Å².